The number of fused-ring (bicyclic) bond motifs is 1. The molecule has 1 atom stereocenters. The highest BCUT2D eigenvalue weighted by Crippen LogP contribution is 2.30. The van der Waals surface area contributed by atoms with Crippen molar-refractivity contribution in [2.75, 3.05) is 30.3 Å². The Morgan fingerprint density at radius 3 is 2.90 bits per heavy atom. The molecule has 0 aliphatic carbocycles. The van der Waals surface area contributed by atoms with E-state index in [9.17, 15) is 14.4 Å². The van der Waals surface area contributed by atoms with Crippen molar-refractivity contribution in [1.82, 2.24) is 10.6 Å². The first-order valence-corrected chi connectivity index (χ1v) is 6.49. The largest absolute Gasteiger partial charge is 0.482 e. The van der Waals surface area contributed by atoms with Gasteiger partial charge in [-0.15, -0.1) is 0 Å². The Labute approximate surface area is 120 Å². The Morgan fingerprint density at radius 1 is 1.29 bits per heavy atom. The number of hydrogen-bond acceptors (Lipinski definition) is 5. The number of amides is 3. The molecule has 8 nitrogen and oxygen atoms in total. The van der Waals surface area contributed by atoms with Gasteiger partial charge in [0.15, 0.2) is 6.61 Å². The first-order valence-electron chi connectivity index (χ1n) is 6.49. The minimum absolute atomic E-state index is 0.00953. The Bertz CT molecular complexity index is 606. The average molecular weight is 290 g/mol. The van der Waals surface area contributed by atoms with Crippen LogP contribution in [0.25, 0.3) is 0 Å². The molecule has 0 aromatic heterocycles. The van der Waals surface area contributed by atoms with Gasteiger partial charge < -0.3 is 20.7 Å². The van der Waals surface area contributed by atoms with Gasteiger partial charge in [0, 0.05) is 12.2 Å². The smallest absolute Gasteiger partial charge is 0.262 e. The van der Waals surface area contributed by atoms with Crippen LogP contribution in [0.15, 0.2) is 18.2 Å². The zero-order chi connectivity index (χ0) is 14.8. The van der Waals surface area contributed by atoms with Crippen molar-refractivity contribution < 1.29 is 19.1 Å². The molecule has 1 saturated heterocycles. The molecule has 4 N–H and O–H groups in total. The van der Waals surface area contributed by atoms with E-state index in [1.807, 2.05) is 0 Å². The molecule has 1 unspecified atom stereocenters. The number of ether oxygens (including phenoxy) is 1. The van der Waals surface area contributed by atoms with E-state index >= 15 is 0 Å². The molecule has 3 amide bonds. The summed E-state index contributed by atoms with van der Waals surface area (Å²) in [6, 6.07) is 4.52. The third-order valence-electron chi connectivity index (χ3n) is 3.21. The summed E-state index contributed by atoms with van der Waals surface area (Å²) in [5, 5.41) is 10.9. The maximum Gasteiger partial charge on any atom is 0.262 e. The summed E-state index contributed by atoms with van der Waals surface area (Å²) in [6.45, 7) is 0.353. The van der Waals surface area contributed by atoms with Crippen LogP contribution in [0.3, 0.4) is 0 Å². The molecular weight excluding hydrogens is 276 g/mol. The van der Waals surface area contributed by atoms with Crippen LogP contribution in [0.5, 0.6) is 5.75 Å². The van der Waals surface area contributed by atoms with Crippen LogP contribution in [-0.4, -0.2) is 43.5 Å². The molecule has 21 heavy (non-hydrogen) atoms. The second-order valence-electron chi connectivity index (χ2n) is 4.77. The maximum atomic E-state index is 12.1. The fraction of sp³-hybridized carbons (Fsp3) is 0.308. The van der Waals surface area contributed by atoms with Crippen LogP contribution >= 0.6 is 0 Å². The van der Waals surface area contributed by atoms with Gasteiger partial charge in [-0.1, -0.05) is 0 Å². The first kappa shape index (κ1) is 13.4. The van der Waals surface area contributed by atoms with Gasteiger partial charge in [-0.3, -0.25) is 19.7 Å². The minimum atomic E-state index is -0.482. The van der Waals surface area contributed by atoms with E-state index in [1.165, 1.54) is 0 Å². The zero-order valence-corrected chi connectivity index (χ0v) is 11.1. The van der Waals surface area contributed by atoms with Crippen molar-refractivity contribution in [3.05, 3.63) is 18.2 Å². The summed E-state index contributed by atoms with van der Waals surface area (Å²) in [4.78, 5) is 34.3. The summed E-state index contributed by atoms with van der Waals surface area (Å²) in [7, 11) is 0. The van der Waals surface area contributed by atoms with Crippen molar-refractivity contribution in [3.63, 3.8) is 0 Å². The van der Waals surface area contributed by atoms with E-state index in [0.29, 0.717) is 17.1 Å². The van der Waals surface area contributed by atoms with Gasteiger partial charge >= 0.3 is 0 Å². The zero-order valence-electron chi connectivity index (χ0n) is 11.1. The lowest BCUT2D eigenvalue weighted by molar-refractivity contribution is -0.124. The van der Waals surface area contributed by atoms with Crippen LogP contribution in [0.2, 0.25) is 0 Å². The van der Waals surface area contributed by atoms with Gasteiger partial charge in [-0.2, -0.15) is 0 Å². The summed E-state index contributed by atoms with van der Waals surface area (Å²) < 4.78 is 5.24. The molecule has 1 aromatic carbocycles. The molecule has 0 saturated carbocycles. The molecule has 0 spiro atoms. The van der Waals surface area contributed by atoms with Gasteiger partial charge in [-0.25, -0.2) is 0 Å². The second-order valence-corrected chi connectivity index (χ2v) is 4.77. The quantitative estimate of drug-likeness (QED) is 0.561. The summed E-state index contributed by atoms with van der Waals surface area (Å²) in [6.07, 6.45) is 0. The minimum Gasteiger partial charge on any atom is -0.482 e. The van der Waals surface area contributed by atoms with Gasteiger partial charge in [0.25, 0.3) is 5.91 Å². The molecule has 8 heteroatoms. The van der Waals surface area contributed by atoms with E-state index in [4.69, 9.17) is 4.74 Å². The number of hydrogen-bond donors (Lipinski definition) is 4. The molecule has 1 fully saturated rings. The van der Waals surface area contributed by atoms with E-state index in [1.54, 1.807) is 18.2 Å². The highest BCUT2D eigenvalue weighted by molar-refractivity contribution is 5.99. The number of anilines is 2. The lowest BCUT2D eigenvalue weighted by Gasteiger charge is -2.23. The van der Waals surface area contributed by atoms with Crippen LogP contribution in [0, 0.1) is 0 Å². The molecule has 1 aromatic rings. The predicted octanol–water partition coefficient (Wildman–Crippen LogP) is -0.956. The molecular formula is C13H14N4O4. The standard InChI is InChI=1S/C13H14N4O4/c18-11-5-14-9(4-15-11)13(20)16-7-1-2-10-8(3-7)17-12(19)6-21-10/h1-3,9,14H,4-6H2,(H,15,18)(H,16,20)(H,17,19). The number of rotatable bonds is 2. The molecule has 3 rings (SSSR count). The topological polar surface area (TPSA) is 109 Å². The van der Waals surface area contributed by atoms with E-state index in [-0.39, 0.29) is 37.4 Å². The van der Waals surface area contributed by atoms with Gasteiger partial charge in [-0.05, 0) is 18.2 Å². The van der Waals surface area contributed by atoms with Gasteiger partial charge in [0.2, 0.25) is 11.8 Å². The Hall–Kier alpha value is -2.61. The second kappa shape index (κ2) is 5.41. The van der Waals surface area contributed by atoms with Crippen molar-refractivity contribution in [2.24, 2.45) is 0 Å². The van der Waals surface area contributed by atoms with Crippen LogP contribution < -0.4 is 26.0 Å². The van der Waals surface area contributed by atoms with Gasteiger partial charge in [0.1, 0.15) is 11.8 Å². The summed E-state index contributed by atoms with van der Waals surface area (Å²) in [5.74, 6) is -0.0519. The van der Waals surface area contributed by atoms with E-state index in [2.05, 4.69) is 21.3 Å². The molecule has 2 aliphatic rings. The van der Waals surface area contributed by atoms with Crippen LogP contribution in [0.4, 0.5) is 11.4 Å². The van der Waals surface area contributed by atoms with E-state index in [0.717, 1.165) is 0 Å². The average Bonchev–Trinajstić information content (AvgIpc) is 2.47. The number of benzene rings is 1. The van der Waals surface area contributed by atoms with Crippen LogP contribution in [0.1, 0.15) is 0 Å². The van der Waals surface area contributed by atoms with Crippen LogP contribution in [-0.2, 0) is 14.4 Å². The monoisotopic (exact) mass is 290 g/mol. The SMILES string of the molecule is O=C1CNC(C(=O)Nc2ccc3c(c2)NC(=O)CO3)CN1. The first-order chi connectivity index (χ1) is 10.1. The van der Waals surface area contributed by atoms with Gasteiger partial charge in [0.05, 0.1) is 12.2 Å². The Balaban J connectivity index is 1.67. The van der Waals surface area contributed by atoms with Crippen molar-refractivity contribution in [2.45, 2.75) is 6.04 Å². The lowest BCUT2D eigenvalue weighted by Crippen LogP contribution is -2.56. The highest BCUT2D eigenvalue weighted by Gasteiger charge is 2.24. The number of carbonyl (C=O) groups excluding carboxylic acids is 3. The number of nitrogens with one attached hydrogen (secondary N) is 4. The predicted molar refractivity (Wildman–Crippen MR) is 74.0 cm³/mol. The van der Waals surface area contributed by atoms with E-state index < -0.39 is 6.04 Å². The number of carbonyl (C=O) groups is 3. The third kappa shape index (κ3) is 2.95. The molecule has 110 valence electrons. The lowest BCUT2D eigenvalue weighted by atomic mass is 10.2. The molecule has 0 radical (unpaired) electrons. The highest BCUT2D eigenvalue weighted by atomic mass is 16.5. The number of piperazine rings is 1. The van der Waals surface area contributed by atoms with Crippen molar-refractivity contribution in [1.29, 1.82) is 0 Å². The molecule has 2 aliphatic heterocycles. The Morgan fingerprint density at radius 2 is 2.14 bits per heavy atom. The normalized spacial score (nSPS) is 20.7. The molecule has 0 bridgehead atoms. The van der Waals surface area contributed by atoms with Crippen molar-refractivity contribution in [3.8, 4) is 5.75 Å². The summed E-state index contributed by atoms with van der Waals surface area (Å²) >= 11 is 0. The fourth-order valence-corrected chi connectivity index (χ4v) is 2.14. The maximum absolute atomic E-state index is 12.1. The fourth-order valence-electron chi connectivity index (χ4n) is 2.14. The third-order valence-corrected chi connectivity index (χ3v) is 3.21. The molecule has 2 heterocycles. The Kier molecular flexibility index (Phi) is 3.44. The summed E-state index contributed by atoms with van der Waals surface area (Å²) in [5.41, 5.74) is 1.07. The van der Waals surface area contributed by atoms with Crippen molar-refractivity contribution >= 4 is 29.1 Å².